The van der Waals surface area contributed by atoms with Crippen LogP contribution in [0, 0.1) is 5.92 Å². The largest absolute Gasteiger partial charge is 0.359 e. The highest BCUT2D eigenvalue weighted by atomic mass is 35.5. The van der Waals surface area contributed by atoms with Crippen molar-refractivity contribution < 1.29 is 9.59 Å². The van der Waals surface area contributed by atoms with Gasteiger partial charge in [-0.3, -0.25) is 19.7 Å². The molecule has 3 heterocycles. The molecule has 1 aliphatic rings. The van der Waals surface area contributed by atoms with Gasteiger partial charge in [0, 0.05) is 32.5 Å². The smallest absolute Gasteiger partial charge is 0.257 e. The van der Waals surface area contributed by atoms with Gasteiger partial charge in [0.25, 0.3) is 5.91 Å². The highest BCUT2D eigenvalue weighted by molar-refractivity contribution is 8.05. The van der Waals surface area contributed by atoms with E-state index in [4.69, 9.17) is 16.6 Å². The number of nitrogens with one attached hydrogen (secondary N) is 3. The molecule has 3 atom stereocenters. The number of alkyl halides is 1. The summed E-state index contributed by atoms with van der Waals surface area (Å²) in [4.78, 5) is 37.4. The molecule has 0 saturated heterocycles. The second kappa shape index (κ2) is 15.9. The third-order valence-electron chi connectivity index (χ3n) is 6.79. The zero-order valence-corrected chi connectivity index (χ0v) is 26.5. The van der Waals surface area contributed by atoms with Gasteiger partial charge in [-0.15, -0.1) is 23.4 Å². The maximum Gasteiger partial charge on any atom is 0.257 e. The van der Waals surface area contributed by atoms with Gasteiger partial charge in [0.15, 0.2) is 5.82 Å². The standard InChI is InChI=1S/C26H36ClN7OS.C3H7NO/c1-5-8-22(36-23(27)6-2)26(35)31-17-9-7-10-18(12-17)34-21-13-19(25-29-15-30-33-25)28-14-20(21)32-24(34)11-16(3)4;1-3(5)4-2/h8,13-18,23H,5-7,9-12H2,1-4H3,(H,31,35)(H,29,30,33);1-2H3,(H,4,5)/b22-8+;. The van der Waals surface area contributed by atoms with E-state index in [9.17, 15) is 9.59 Å². The molecule has 10 nitrogen and oxygen atoms in total. The molecule has 1 aliphatic carbocycles. The highest BCUT2D eigenvalue weighted by Crippen LogP contribution is 2.35. The lowest BCUT2D eigenvalue weighted by molar-refractivity contribution is -0.119. The van der Waals surface area contributed by atoms with Crippen LogP contribution in [-0.4, -0.2) is 59.3 Å². The quantitative estimate of drug-likeness (QED) is 0.198. The number of H-pyrrole nitrogens is 1. The molecular formula is C29H43ClN8O2S. The van der Waals surface area contributed by atoms with Crippen molar-refractivity contribution in [1.29, 1.82) is 0 Å². The first-order chi connectivity index (χ1) is 19.7. The van der Waals surface area contributed by atoms with Gasteiger partial charge in [-0.2, -0.15) is 5.10 Å². The number of carbonyl (C=O) groups excluding carboxylic acids is 2. The number of imidazole rings is 1. The fourth-order valence-electron chi connectivity index (χ4n) is 4.81. The van der Waals surface area contributed by atoms with Crippen molar-refractivity contribution in [2.45, 2.75) is 96.4 Å². The highest BCUT2D eigenvalue weighted by Gasteiger charge is 2.29. The predicted octanol–water partition coefficient (Wildman–Crippen LogP) is 5.77. The third-order valence-corrected chi connectivity index (χ3v) is 8.56. The molecule has 3 unspecified atom stereocenters. The Bertz CT molecular complexity index is 1310. The van der Waals surface area contributed by atoms with Crippen LogP contribution in [-0.2, 0) is 16.0 Å². The molecule has 4 rings (SSSR count). The SMILES string of the molecule is CC/C=C(/SC(Cl)CC)C(=O)NC1CCCC(n2c(CC(C)C)nc3cnc(-c4ncn[nH]4)cc32)C1.CNC(C)=O. The van der Waals surface area contributed by atoms with Gasteiger partial charge in [0.1, 0.15) is 23.4 Å². The normalized spacial score (nSPS) is 18.1. The van der Waals surface area contributed by atoms with Crippen LogP contribution in [0.4, 0.5) is 0 Å². The van der Waals surface area contributed by atoms with E-state index in [1.165, 1.54) is 25.0 Å². The van der Waals surface area contributed by atoms with Crippen molar-refractivity contribution in [3.63, 3.8) is 0 Å². The topological polar surface area (TPSA) is 130 Å². The Balaban J connectivity index is 0.000000850. The van der Waals surface area contributed by atoms with Gasteiger partial charge in [-0.05, 0) is 50.5 Å². The number of hydrogen-bond acceptors (Lipinski definition) is 7. The van der Waals surface area contributed by atoms with Gasteiger partial charge >= 0.3 is 0 Å². The van der Waals surface area contributed by atoms with E-state index in [2.05, 4.69) is 55.3 Å². The van der Waals surface area contributed by atoms with E-state index in [-0.39, 0.29) is 28.6 Å². The Labute approximate surface area is 251 Å². The summed E-state index contributed by atoms with van der Waals surface area (Å²) >= 11 is 7.81. The summed E-state index contributed by atoms with van der Waals surface area (Å²) in [5.74, 6) is 2.18. The summed E-state index contributed by atoms with van der Waals surface area (Å²) < 4.78 is 2.29. The first kappa shape index (κ1) is 32.6. The van der Waals surface area contributed by atoms with Gasteiger partial charge in [-0.25, -0.2) is 9.97 Å². The lowest BCUT2D eigenvalue weighted by Crippen LogP contribution is -2.39. The number of nitrogens with zero attached hydrogens (tertiary/aromatic N) is 5. The number of aromatic amines is 1. The number of halogens is 1. The van der Waals surface area contributed by atoms with Gasteiger partial charge in [0.05, 0.1) is 21.3 Å². The minimum Gasteiger partial charge on any atom is -0.359 e. The molecule has 1 fully saturated rings. The van der Waals surface area contributed by atoms with E-state index in [1.54, 1.807) is 7.05 Å². The predicted molar refractivity (Wildman–Crippen MR) is 167 cm³/mol. The van der Waals surface area contributed by atoms with Crippen molar-refractivity contribution in [1.82, 2.24) is 40.3 Å². The van der Waals surface area contributed by atoms with E-state index in [1.807, 2.05) is 26.1 Å². The second-order valence-electron chi connectivity index (χ2n) is 10.6. The number of pyridine rings is 1. The molecule has 224 valence electrons. The number of fused-ring (bicyclic) bond motifs is 1. The fourth-order valence-corrected chi connectivity index (χ4v) is 5.97. The summed E-state index contributed by atoms with van der Waals surface area (Å²) in [6.07, 6.45) is 11.7. The first-order valence-electron chi connectivity index (χ1n) is 14.4. The van der Waals surface area contributed by atoms with Crippen molar-refractivity contribution in [3.8, 4) is 11.5 Å². The minimum absolute atomic E-state index is 0.00463. The summed E-state index contributed by atoms with van der Waals surface area (Å²) in [7, 11) is 1.60. The van der Waals surface area contributed by atoms with Crippen LogP contribution in [0.15, 0.2) is 29.6 Å². The van der Waals surface area contributed by atoms with Gasteiger partial charge < -0.3 is 15.2 Å². The number of hydrogen-bond donors (Lipinski definition) is 3. The molecule has 0 aromatic carbocycles. The number of rotatable bonds is 10. The summed E-state index contributed by atoms with van der Waals surface area (Å²) in [5.41, 5.74) is 2.69. The molecule has 3 aromatic rings. The van der Waals surface area contributed by atoms with Gasteiger partial charge in [0.2, 0.25) is 5.91 Å². The van der Waals surface area contributed by atoms with E-state index < -0.39 is 0 Å². The van der Waals surface area contributed by atoms with Crippen LogP contribution < -0.4 is 10.6 Å². The Morgan fingerprint density at radius 1 is 1.27 bits per heavy atom. The Hall–Kier alpha value is -2.92. The van der Waals surface area contributed by atoms with Crippen molar-refractivity contribution in [2.24, 2.45) is 5.92 Å². The Morgan fingerprint density at radius 3 is 2.63 bits per heavy atom. The Kier molecular flexibility index (Phi) is 12.6. The van der Waals surface area contributed by atoms with Crippen molar-refractivity contribution >= 4 is 46.2 Å². The molecule has 0 aliphatic heterocycles. The Morgan fingerprint density at radius 2 is 2.02 bits per heavy atom. The molecular weight excluding hydrogens is 560 g/mol. The average Bonchev–Trinajstić information content (AvgIpc) is 3.60. The van der Waals surface area contributed by atoms with Crippen molar-refractivity contribution in [3.05, 3.63) is 35.4 Å². The van der Waals surface area contributed by atoms with Gasteiger partial charge in [-0.1, -0.05) is 33.8 Å². The molecule has 0 bridgehead atoms. The molecule has 3 N–H and O–H groups in total. The summed E-state index contributed by atoms with van der Waals surface area (Å²) in [5, 5.41) is 12.6. The summed E-state index contributed by atoms with van der Waals surface area (Å²) in [6.45, 7) is 9.98. The van der Waals surface area contributed by atoms with E-state index in [0.29, 0.717) is 11.7 Å². The molecule has 3 aromatic heterocycles. The molecule has 1 saturated carbocycles. The first-order valence-corrected chi connectivity index (χ1v) is 15.7. The number of amides is 2. The monoisotopic (exact) mass is 602 g/mol. The van der Waals surface area contributed by atoms with E-state index >= 15 is 0 Å². The summed E-state index contributed by atoms with van der Waals surface area (Å²) in [6, 6.07) is 2.40. The molecule has 12 heteroatoms. The number of allylic oxidation sites excluding steroid dienone is 1. The maximum absolute atomic E-state index is 13.1. The van der Waals surface area contributed by atoms with Crippen LogP contribution in [0.2, 0.25) is 0 Å². The fraction of sp³-hybridized carbons (Fsp3) is 0.586. The number of carbonyl (C=O) groups is 2. The van der Waals surface area contributed by atoms with Crippen molar-refractivity contribution in [2.75, 3.05) is 7.05 Å². The number of thioether (sulfide) groups is 1. The van der Waals surface area contributed by atoms with Crippen LogP contribution in [0.25, 0.3) is 22.6 Å². The van der Waals surface area contributed by atoms with E-state index in [0.717, 1.165) is 72.4 Å². The minimum atomic E-state index is -0.101. The number of aromatic nitrogens is 6. The second-order valence-corrected chi connectivity index (χ2v) is 12.6. The van der Waals surface area contributed by atoms with Crippen LogP contribution >= 0.6 is 23.4 Å². The van der Waals surface area contributed by atoms with Crippen LogP contribution in [0.3, 0.4) is 0 Å². The van der Waals surface area contributed by atoms with Crippen LogP contribution in [0.1, 0.15) is 85.0 Å². The maximum atomic E-state index is 13.1. The molecule has 0 spiro atoms. The molecule has 41 heavy (non-hydrogen) atoms. The lowest BCUT2D eigenvalue weighted by Gasteiger charge is -2.32. The zero-order chi connectivity index (χ0) is 29.9. The van der Waals surface area contributed by atoms with Crippen LogP contribution in [0.5, 0.6) is 0 Å². The average molecular weight is 603 g/mol. The lowest BCUT2D eigenvalue weighted by atomic mass is 9.90. The zero-order valence-electron chi connectivity index (χ0n) is 24.9. The molecule has 0 radical (unpaired) electrons. The molecule has 2 amide bonds. The third kappa shape index (κ3) is 9.29.